The van der Waals surface area contributed by atoms with Crippen LogP contribution in [0.4, 0.5) is 0 Å². The predicted molar refractivity (Wildman–Crippen MR) is 106 cm³/mol. The molecular formula is C24H38NO+. The van der Waals surface area contributed by atoms with Crippen molar-refractivity contribution in [2.45, 2.75) is 84.1 Å². The molecule has 4 aliphatic carbocycles. The van der Waals surface area contributed by atoms with Crippen molar-refractivity contribution < 1.29 is 9.28 Å². The summed E-state index contributed by atoms with van der Waals surface area (Å²) in [5.41, 5.74) is 2.43. The highest BCUT2D eigenvalue weighted by molar-refractivity contribution is 5.91. The summed E-state index contributed by atoms with van der Waals surface area (Å²) in [5, 5.41) is 0. The molecule has 2 nitrogen and oxygen atoms in total. The Bertz CT molecular complexity index is 645. The molecule has 6 atom stereocenters. The second-order valence-electron chi connectivity index (χ2n) is 11.2. The summed E-state index contributed by atoms with van der Waals surface area (Å²) in [6.45, 7) is 8.05. The van der Waals surface area contributed by atoms with Crippen LogP contribution in [0.2, 0.25) is 0 Å². The van der Waals surface area contributed by atoms with Crippen molar-refractivity contribution in [3.8, 4) is 0 Å². The van der Waals surface area contributed by atoms with Crippen LogP contribution in [0.15, 0.2) is 11.6 Å². The fraction of sp³-hybridized carbons (Fsp3) is 0.875. The number of rotatable bonds is 1. The highest BCUT2D eigenvalue weighted by Crippen LogP contribution is 2.66. The average molecular weight is 357 g/mol. The second-order valence-corrected chi connectivity index (χ2v) is 11.2. The summed E-state index contributed by atoms with van der Waals surface area (Å²) in [6, 6.07) is 0.911. The van der Waals surface area contributed by atoms with Crippen molar-refractivity contribution in [3.63, 3.8) is 0 Å². The first kappa shape index (κ1) is 17.5. The number of ketones is 1. The van der Waals surface area contributed by atoms with Gasteiger partial charge in [0, 0.05) is 31.1 Å². The molecule has 0 spiro atoms. The van der Waals surface area contributed by atoms with Crippen molar-refractivity contribution in [3.05, 3.63) is 11.6 Å². The molecule has 0 aromatic rings. The molecule has 3 saturated carbocycles. The van der Waals surface area contributed by atoms with Gasteiger partial charge in [0.2, 0.25) is 0 Å². The maximum absolute atomic E-state index is 12.0. The Morgan fingerprint density at radius 3 is 2.50 bits per heavy atom. The van der Waals surface area contributed by atoms with Crippen LogP contribution < -0.4 is 0 Å². The number of nitrogens with zero attached hydrogens (tertiary/aromatic N) is 1. The maximum Gasteiger partial charge on any atom is 0.155 e. The van der Waals surface area contributed by atoms with Crippen LogP contribution in [-0.4, -0.2) is 36.4 Å². The van der Waals surface area contributed by atoms with E-state index in [0.717, 1.165) is 36.6 Å². The number of allylic oxidation sites excluding steroid dienone is 1. The summed E-state index contributed by atoms with van der Waals surface area (Å²) < 4.78 is 1.38. The Balaban J connectivity index is 1.45. The van der Waals surface area contributed by atoms with Gasteiger partial charge >= 0.3 is 0 Å². The second kappa shape index (κ2) is 5.69. The van der Waals surface area contributed by atoms with Gasteiger partial charge in [-0.15, -0.1) is 0 Å². The zero-order chi connectivity index (χ0) is 18.2. The van der Waals surface area contributed by atoms with E-state index in [1.807, 2.05) is 0 Å². The third kappa shape index (κ3) is 2.23. The fourth-order valence-electron chi connectivity index (χ4n) is 8.92. The molecule has 0 amide bonds. The minimum Gasteiger partial charge on any atom is -0.323 e. The SMILES string of the molecule is C[C@]12CCC(=O)C=C1CCC1C2CC[C@@]2(C)C1CC[C@@H]2[N+]1(C)CCCC1. The largest absolute Gasteiger partial charge is 0.323 e. The Morgan fingerprint density at radius 1 is 0.962 bits per heavy atom. The van der Waals surface area contributed by atoms with E-state index in [1.54, 1.807) is 0 Å². The lowest BCUT2D eigenvalue weighted by Gasteiger charge is -2.58. The van der Waals surface area contributed by atoms with Crippen LogP contribution in [0.5, 0.6) is 0 Å². The average Bonchev–Trinajstić information content (AvgIpc) is 3.19. The maximum atomic E-state index is 12.0. The Kier molecular flexibility index (Phi) is 3.82. The highest BCUT2D eigenvalue weighted by atomic mass is 16.1. The van der Waals surface area contributed by atoms with Crippen LogP contribution in [0.25, 0.3) is 0 Å². The molecule has 2 heteroatoms. The molecule has 1 heterocycles. The zero-order valence-electron chi connectivity index (χ0n) is 17.2. The van der Waals surface area contributed by atoms with Gasteiger partial charge in [-0.1, -0.05) is 19.4 Å². The molecule has 144 valence electrons. The molecule has 1 aliphatic heterocycles. The summed E-state index contributed by atoms with van der Waals surface area (Å²) in [6.07, 6.45) is 15.2. The number of fused-ring (bicyclic) bond motifs is 5. The van der Waals surface area contributed by atoms with Gasteiger partial charge in [-0.3, -0.25) is 4.79 Å². The van der Waals surface area contributed by atoms with Crippen LogP contribution in [0.1, 0.15) is 78.1 Å². The summed E-state index contributed by atoms with van der Waals surface area (Å²) in [7, 11) is 2.58. The molecule has 5 rings (SSSR count). The number of likely N-dealkylation sites (tertiary alicyclic amines) is 1. The summed E-state index contributed by atoms with van der Waals surface area (Å²) in [4.78, 5) is 12.0. The van der Waals surface area contributed by atoms with E-state index < -0.39 is 0 Å². The van der Waals surface area contributed by atoms with E-state index in [9.17, 15) is 4.79 Å². The molecule has 0 bridgehead atoms. The number of carbonyl (C=O) groups is 1. The lowest BCUT2D eigenvalue weighted by Crippen LogP contribution is -2.59. The molecule has 4 fully saturated rings. The smallest absolute Gasteiger partial charge is 0.155 e. The van der Waals surface area contributed by atoms with Gasteiger partial charge < -0.3 is 4.48 Å². The van der Waals surface area contributed by atoms with Crippen LogP contribution in [0, 0.1) is 28.6 Å². The van der Waals surface area contributed by atoms with Crippen molar-refractivity contribution in [2.75, 3.05) is 20.1 Å². The summed E-state index contributed by atoms with van der Waals surface area (Å²) in [5.74, 6) is 3.10. The first-order chi connectivity index (χ1) is 12.4. The first-order valence-electron chi connectivity index (χ1n) is 11.4. The monoisotopic (exact) mass is 356 g/mol. The molecule has 0 N–H and O–H groups in total. The molecule has 0 radical (unpaired) electrons. The molecule has 1 saturated heterocycles. The normalized spacial score (nSPS) is 50.0. The van der Waals surface area contributed by atoms with E-state index in [0.29, 0.717) is 16.6 Å². The number of carbonyl (C=O) groups excluding carboxylic acids is 1. The molecule has 26 heavy (non-hydrogen) atoms. The number of hydrogen-bond acceptors (Lipinski definition) is 1. The van der Waals surface area contributed by atoms with Crippen molar-refractivity contribution >= 4 is 5.78 Å². The van der Waals surface area contributed by atoms with Gasteiger partial charge in [-0.05, 0) is 67.8 Å². The Hall–Kier alpha value is -0.630. The van der Waals surface area contributed by atoms with E-state index >= 15 is 0 Å². The molecule has 5 aliphatic rings. The quantitative estimate of drug-likeness (QED) is 0.595. The van der Waals surface area contributed by atoms with Crippen LogP contribution >= 0.6 is 0 Å². The van der Waals surface area contributed by atoms with Gasteiger partial charge in [-0.2, -0.15) is 0 Å². The predicted octanol–water partition coefficient (Wildman–Crippen LogP) is 5.13. The van der Waals surface area contributed by atoms with Crippen LogP contribution in [0.3, 0.4) is 0 Å². The van der Waals surface area contributed by atoms with Gasteiger partial charge in [0.15, 0.2) is 5.78 Å². The van der Waals surface area contributed by atoms with Crippen molar-refractivity contribution in [1.29, 1.82) is 0 Å². The number of hydrogen-bond donors (Lipinski definition) is 0. The Morgan fingerprint density at radius 2 is 1.73 bits per heavy atom. The van der Waals surface area contributed by atoms with Gasteiger partial charge in [-0.25, -0.2) is 0 Å². The fourth-order valence-corrected chi connectivity index (χ4v) is 8.92. The van der Waals surface area contributed by atoms with Gasteiger partial charge in [0.1, 0.15) is 0 Å². The highest BCUT2D eigenvalue weighted by Gasteiger charge is 2.62. The Labute approximate surface area is 160 Å². The molecule has 0 aromatic carbocycles. The molecular weight excluding hydrogens is 318 g/mol. The zero-order valence-corrected chi connectivity index (χ0v) is 17.2. The van der Waals surface area contributed by atoms with Crippen LogP contribution in [-0.2, 0) is 4.79 Å². The van der Waals surface area contributed by atoms with E-state index in [4.69, 9.17) is 0 Å². The molecule has 0 aromatic heterocycles. The van der Waals surface area contributed by atoms with Crippen molar-refractivity contribution in [2.24, 2.45) is 28.6 Å². The van der Waals surface area contributed by atoms with Gasteiger partial charge in [0.05, 0.1) is 26.2 Å². The standard InChI is InChI=1S/C24H38NO/c1-23-12-10-18(26)16-17(23)6-7-19-20-8-9-22(25(3)14-4-5-15-25)24(20,2)13-11-21(19)23/h16,19-22H,4-15H2,1-3H3/q+1/t19?,20?,21?,22-,23-,24-/m0/s1. The van der Waals surface area contributed by atoms with E-state index in [-0.39, 0.29) is 0 Å². The van der Waals surface area contributed by atoms with Gasteiger partial charge in [0.25, 0.3) is 0 Å². The van der Waals surface area contributed by atoms with E-state index in [2.05, 4.69) is 27.0 Å². The third-order valence-electron chi connectivity index (χ3n) is 10.3. The molecule has 3 unspecified atom stereocenters. The van der Waals surface area contributed by atoms with Crippen molar-refractivity contribution in [1.82, 2.24) is 0 Å². The summed E-state index contributed by atoms with van der Waals surface area (Å²) >= 11 is 0. The first-order valence-corrected chi connectivity index (χ1v) is 11.4. The minimum atomic E-state index is 0.336. The van der Waals surface area contributed by atoms with E-state index in [1.165, 1.54) is 74.5 Å². The topological polar surface area (TPSA) is 17.1 Å². The third-order valence-corrected chi connectivity index (χ3v) is 10.3. The number of quaternary nitrogens is 1. The lowest BCUT2D eigenvalue weighted by atomic mass is 9.47. The lowest BCUT2D eigenvalue weighted by molar-refractivity contribution is -0.928. The minimum absolute atomic E-state index is 0.336.